The van der Waals surface area contributed by atoms with Crippen LogP contribution in [0.4, 0.5) is 13.2 Å². The number of hydrogen-bond donors (Lipinski definition) is 1. The number of aromatic nitrogens is 3. The number of likely N-dealkylation sites (tertiary alicyclic amines) is 1. The first-order valence-electron chi connectivity index (χ1n) is 5.71. The minimum atomic E-state index is -4.91. The summed E-state index contributed by atoms with van der Waals surface area (Å²) in [6, 6.07) is -0.526. The van der Waals surface area contributed by atoms with E-state index < -0.39 is 24.1 Å². The Morgan fingerprint density at radius 1 is 1.40 bits per heavy atom. The highest BCUT2D eigenvalue weighted by atomic mass is 19.4. The molecule has 110 valence electrons. The lowest BCUT2D eigenvalue weighted by Gasteiger charge is -2.17. The average Bonchev–Trinajstić information content (AvgIpc) is 2.92. The van der Waals surface area contributed by atoms with Crippen LogP contribution in [0.15, 0.2) is 6.20 Å². The molecule has 0 spiro atoms. The van der Waals surface area contributed by atoms with Gasteiger partial charge in [-0.2, -0.15) is 13.2 Å². The van der Waals surface area contributed by atoms with Gasteiger partial charge in [-0.15, -0.1) is 5.10 Å². The van der Waals surface area contributed by atoms with Crippen LogP contribution in [0.3, 0.4) is 0 Å². The monoisotopic (exact) mass is 292 g/mol. The van der Waals surface area contributed by atoms with Crippen molar-refractivity contribution < 1.29 is 27.9 Å². The summed E-state index contributed by atoms with van der Waals surface area (Å²) < 4.78 is 38.3. The summed E-state index contributed by atoms with van der Waals surface area (Å²) >= 11 is 0. The zero-order chi connectivity index (χ0) is 15.1. The fourth-order valence-corrected chi connectivity index (χ4v) is 2.18. The predicted octanol–water partition coefficient (Wildman–Crippen LogP) is 0.558. The van der Waals surface area contributed by atoms with Gasteiger partial charge in [0.05, 0.1) is 12.2 Å². The second-order valence-corrected chi connectivity index (χ2v) is 4.64. The Morgan fingerprint density at radius 3 is 2.55 bits per heavy atom. The van der Waals surface area contributed by atoms with Crippen molar-refractivity contribution in [1.82, 2.24) is 19.9 Å². The molecule has 0 unspecified atom stereocenters. The number of carbonyl (C=O) groups is 2. The summed E-state index contributed by atoms with van der Waals surface area (Å²) in [4.78, 5) is 22.5. The fourth-order valence-electron chi connectivity index (χ4n) is 2.18. The van der Waals surface area contributed by atoms with Gasteiger partial charge in [-0.05, 0) is 5.92 Å². The van der Waals surface area contributed by atoms with Gasteiger partial charge in [-0.1, -0.05) is 12.1 Å². The van der Waals surface area contributed by atoms with Crippen LogP contribution >= 0.6 is 0 Å². The fraction of sp³-hybridized carbons (Fsp3) is 0.600. The van der Waals surface area contributed by atoms with E-state index in [0.29, 0.717) is 4.90 Å². The number of amides is 1. The van der Waals surface area contributed by atoms with E-state index in [1.165, 1.54) is 4.68 Å². The minimum Gasteiger partial charge on any atom is -0.476 e. The van der Waals surface area contributed by atoms with Crippen molar-refractivity contribution in [2.75, 3.05) is 13.1 Å². The summed E-state index contributed by atoms with van der Waals surface area (Å²) in [5, 5.41) is 15.7. The van der Waals surface area contributed by atoms with Crippen LogP contribution in [0.25, 0.3) is 0 Å². The van der Waals surface area contributed by atoms with Gasteiger partial charge in [-0.25, -0.2) is 9.48 Å². The number of hydrogen-bond acceptors (Lipinski definition) is 4. The number of halogens is 3. The van der Waals surface area contributed by atoms with Crippen LogP contribution in [0, 0.1) is 5.92 Å². The van der Waals surface area contributed by atoms with E-state index in [9.17, 15) is 22.8 Å². The Kier molecular flexibility index (Phi) is 3.40. The SMILES string of the molecule is C[C@@H]1CN(C(=O)C(F)(F)F)C[C@H]1n1cc(C(=O)O)nn1. The van der Waals surface area contributed by atoms with Gasteiger partial charge in [0.15, 0.2) is 5.69 Å². The zero-order valence-electron chi connectivity index (χ0n) is 10.3. The van der Waals surface area contributed by atoms with Gasteiger partial charge in [0.1, 0.15) is 0 Å². The summed E-state index contributed by atoms with van der Waals surface area (Å²) in [6.45, 7) is 1.42. The number of nitrogens with zero attached hydrogens (tertiary/aromatic N) is 4. The highest BCUT2D eigenvalue weighted by Crippen LogP contribution is 2.30. The lowest BCUT2D eigenvalue weighted by Crippen LogP contribution is -2.39. The Hall–Kier alpha value is -2.13. The van der Waals surface area contributed by atoms with Crippen LogP contribution in [-0.2, 0) is 4.79 Å². The third-order valence-corrected chi connectivity index (χ3v) is 3.17. The molecule has 1 N–H and O–H groups in total. The van der Waals surface area contributed by atoms with Crippen molar-refractivity contribution in [3.63, 3.8) is 0 Å². The largest absolute Gasteiger partial charge is 0.476 e. The number of aromatic carboxylic acids is 1. The van der Waals surface area contributed by atoms with E-state index in [0.717, 1.165) is 6.20 Å². The number of alkyl halides is 3. The molecule has 1 aromatic heterocycles. The zero-order valence-corrected chi connectivity index (χ0v) is 10.3. The Morgan fingerprint density at radius 2 is 2.05 bits per heavy atom. The molecule has 1 saturated heterocycles. The van der Waals surface area contributed by atoms with Gasteiger partial charge in [0.25, 0.3) is 0 Å². The molecule has 0 bridgehead atoms. The molecule has 1 aliphatic rings. The van der Waals surface area contributed by atoms with Gasteiger partial charge >= 0.3 is 18.1 Å². The third kappa shape index (κ3) is 2.58. The number of carboxylic acids is 1. The first-order valence-corrected chi connectivity index (χ1v) is 5.71. The minimum absolute atomic E-state index is 0.0642. The van der Waals surface area contributed by atoms with E-state index in [2.05, 4.69) is 10.3 Å². The summed E-state index contributed by atoms with van der Waals surface area (Å²) in [7, 11) is 0. The molecule has 1 fully saturated rings. The number of carboxylic acid groups (broad SMARTS) is 1. The van der Waals surface area contributed by atoms with Crippen molar-refractivity contribution in [2.45, 2.75) is 19.1 Å². The molecule has 0 radical (unpaired) electrons. The van der Waals surface area contributed by atoms with E-state index in [-0.39, 0.29) is 24.7 Å². The van der Waals surface area contributed by atoms with E-state index in [1.807, 2.05) is 0 Å². The molecule has 1 amide bonds. The molecular weight excluding hydrogens is 281 g/mol. The second kappa shape index (κ2) is 4.76. The van der Waals surface area contributed by atoms with Crippen LogP contribution in [-0.4, -0.2) is 56.1 Å². The topological polar surface area (TPSA) is 88.3 Å². The standard InChI is InChI=1S/C10H11F3N4O3/c1-5-2-16(9(20)10(11,12)13)4-7(5)17-3-6(8(18)19)14-15-17/h3,5,7H,2,4H2,1H3,(H,18,19)/t5-,7-/m1/s1. The normalized spacial score (nSPS) is 23.1. The van der Waals surface area contributed by atoms with Crippen molar-refractivity contribution in [3.05, 3.63) is 11.9 Å². The highest BCUT2D eigenvalue weighted by molar-refractivity contribution is 5.84. The van der Waals surface area contributed by atoms with Gasteiger partial charge in [-0.3, -0.25) is 4.79 Å². The number of carbonyl (C=O) groups excluding carboxylic acids is 1. The predicted molar refractivity (Wildman–Crippen MR) is 57.8 cm³/mol. The van der Waals surface area contributed by atoms with Gasteiger partial charge in [0, 0.05) is 13.1 Å². The first-order chi connectivity index (χ1) is 9.20. The molecule has 2 heterocycles. The van der Waals surface area contributed by atoms with Crippen LogP contribution in [0.1, 0.15) is 23.5 Å². The summed E-state index contributed by atoms with van der Waals surface area (Å²) in [5.74, 6) is -3.46. The maximum atomic E-state index is 12.4. The van der Waals surface area contributed by atoms with E-state index >= 15 is 0 Å². The Bertz CT molecular complexity index is 542. The van der Waals surface area contributed by atoms with Crippen molar-refractivity contribution >= 4 is 11.9 Å². The third-order valence-electron chi connectivity index (χ3n) is 3.17. The molecule has 1 aromatic rings. The average molecular weight is 292 g/mol. The van der Waals surface area contributed by atoms with Crippen molar-refractivity contribution in [1.29, 1.82) is 0 Å². The van der Waals surface area contributed by atoms with Crippen molar-refractivity contribution in [3.8, 4) is 0 Å². The molecule has 2 atom stereocenters. The molecule has 0 aromatic carbocycles. The second-order valence-electron chi connectivity index (χ2n) is 4.64. The molecule has 20 heavy (non-hydrogen) atoms. The summed E-state index contributed by atoms with van der Waals surface area (Å²) in [5.41, 5.74) is -0.294. The van der Waals surface area contributed by atoms with Gasteiger partial charge < -0.3 is 10.0 Å². The molecule has 7 nitrogen and oxygen atoms in total. The smallest absolute Gasteiger partial charge is 0.471 e. The highest BCUT2D eigenvalue weighted by Gasteiger charge is 2.46. The molecular formula is C10H11F3N4O3. The maximum absolute atomic E-state index is 12.4. The van der Waals surface area contributed by atoms with Crippen molar-refractivity contribution in [2.24, 2.45) is 5.92 Å². The first kappa shape index (κ1) is 14.3. The molecule has 0 saturated carbocycles. The maximum Gasteiger partial charge on any atom is 0.471 e. The van der Waals surface area contributed by atoms with Crippen LogP contribution in [0.2, 0.25) is 0 Å². The molecule has 1 aliphatic heterocycles. The van der Waals surface area contributed by atoms with Crippen LogP contribution in [0.5, 0.6) is 0 Å². The van der Waals surface area contributed by atoms with E-state index in [4.69, 9.17) is 5.11 Å². The lowest BCUT2D eigenvalue weighted by atomic mass is 10.1. The van der Waals surface area contributed by atoms with Gasteiger partial charge in [0.2, 0.25) is 0 Å². The molecule has 2 rings (SSSR count). The quantitative estimate of drug-likeness (QED) is 0.860. The Balaban J connectivity index is 2.15. The molecule has 0 aliphatic carbocycles. The lowest BCUT2D eigenvalue weighted by molar-refractivity contribution is -0.184. The Labute approximate surface area is 111 Å². The molecule has 10 heteroatoms. The summed E-state index contributed by atoms with van der Waals surface area (Å²) in [6.07, 6.45) is -3.77. The van der Waals surface area contributed by atoms with Crippen LogP contribution < -0.4 is 0 Å². The van der Waals surface area contributed by atoms with E-state index in [1.54, 1.807) is 6.92 Å². The number of rotatable bonds is 2.